The van der Waals surface area contributed by atoms with Crippen molar-refractivity contribution >= 4 is 17.3 Å². The molecule has 0 saturated heterocycles. The summed E-state index contributed by atoms with van der Waals surface area (Å²) in [4.78, 5) is 8.70. The van der Waals surface area contributed by atoms with E-state index in [1.165, 1.54) is 0 Å². The maximum Gasteiger partial charge on any atom is 0.248 e. The molecule has 0 aromatic carbocycles. The molecule has 1 aliphatic heterocycles. The molecule has 0 aliphatic carbocycles. The van der Waals surface area contributed by atoms with E-state index in [1.54, 1.807) is 0 Å². The average Bonchev–Trinajstić information content (AvgIpc) is 2.68. The number of hydrogen-bond acceptors (Lipinski definition) is 4. The van der Waals surface area contributed by atoms with Crippen molar-refractivity contribution in [3.63, 3.8) is 0 Å². The van der Waals surface area contributed by atoms with E-state index in [0.717, 1.165) is 22.5 Å². The zero-order chi connectivity index (χ0) is 12.4. The van der Waals surface area contributed by atoms with Crippen LogP contribution in [0.1, 0.15) is 32.2 Å². The van der Waals surface area contributed by atoms with Crippen LogP contribution in [0, 0.1) is 6.92 Å². The maximum atomic E-state index is 5.45. The van der Waals surface area contributed by atoms with Crippen molar-refractivity contribution in [2.45, 2.75) is 27.7 Å². The molecule has 4 nitrogen and oxygen atoms in total. The lowest BCUT2D eigenvalue weighted by Crippen LogP contribution is -2.07. The van der Waals surface area contributed by atoms with Gasteiger partial charge in [0.15, 0.2) is 0 Å². The molecule has 17 heavy (non-hydrogen) atoms. The van der Waals surface area contributed by atoms with Crippen molar-refractivity contribution < 1.29 is 9.15 Å². The van der Waals surface area contributed by atoms with Crippen molar-refractivity contribution in [3.8, 4) is 5.88 Å². The Bertz CT molecular complexity index is 570. The first-order chi connectivity index (χ1) is 8.22. The summed E-state index contributed by atoms with van der Waals surface area (Å²) >= 11 is 0. The van der Waals surface area contributed by atoms with E-state index in [0.29, 0.717) is 18.2 Å². The Balaban J connectivity index is 0.000000514. The monoisotopic (exact) mass is 232 g/mol. The Morgan fingerprint density at radius 1 is 1.18 bits per heavy atom. The van der Waals surface area contributed by atoms with Gasteiger partial charge in [-0.1, -0.05) is 13.8 Å². The summed E-state index contributed by atoms with van der Waals surface area (Å²) in [5, 5.41) is 0. The molecule has 0 spiro atoms. The van der Waals surface area contributed by atoms with Gasteiger partial charge in [0.2, 0.25) is 11.6 Å². The number of ether oxygens (including phenoxy) is 1. The molecule has 3 rings (SSSR count). The van der Waals surface area contributed by atoms with E-state index in [1.807, 2.05) is 39.8 Å². The fourth-order valence-corrected chi connectivity index (χ4v) is 1.63. The lowest BCUT2D eigenvalue weighted by molar-refractivity contribution is 0.331. The minimum absolute atomic E-state index is 0.541. The van der Waals surface area contributed by atoms with Gasteiger partial charge in [-0.25, -0.2) is 4.98 Å². The second-order valence-corrected chi connectivity index (χ2v) is 3.74. The molecule has 90 valence electrons. The summed E-state index contributed by atoms with van der Waals surface area (Å²) in [5.74, 6) is 1.37. The minimum Gasteiger partial charge on any atom is -0.472 e. The zero-order valence-corrected chi connectivity index (χ0v) is 10.6. The van der Waals surface area contributed by atoms with Crippen LogP contribution < -0.4 is 4.74 Å². The summed E-state index contributed by atoms with van der Waals surface area (Å²) in [6, 6.07) is 1.88. The van der Waals surface area contributed by atoms with Crippen LogP contribution in [0.15, 0.2) is 16.1 Å². The van der Waals surface area contributed by atoms with E-state index < -0.39 is 0 Å². The number of fused-ring (bicyclic) bond motifs is 2. The van der Waals surface area contributed by atoms with Crippen LogP contribution in [0.4, 0.5) is 0 Å². The smallest absolute Gasteiger partial charge is 0.248 e. The van der Waals surface area contributed by atoms with Crippen molar-refractivity contribution in [3.05, 3.63) is 23.1 Å². The summed E-state index contributed by atoms with van der Waals surface area (Å²) in [6.45, 7) is 8.46. The molecular formula is C13H16N2O2. The van der Waals surface area contributed by atoms with Gasteiger partial charge in [-0.15, -0.1) is 0 Å². The Labute approximate surface area is 100 Å². The third-order valence-electron chi connectivity index (χ3n) is 2.30. The average molecular weight is 232 g/mol. The summed E-state index contributed by atoms with van der Waals surface area (Å²) in [6.07, 6.45) is 1.99. The van der Waals surface area contributed by atoms with E-state index >= 15 is 0 Å². The number of aromatic nitrogens is 2. The first-order valence-electron chi connectivity index (χ1n) is 5.80. The van der Waals surface area contributed by atoms with Crippen LogP contribution in [-0.4, -0.2) is 16.6 Å². The molecular weight excluding hydrogens is 216 g/mol. The van der Waals surface area contributed by atoms with Crippen LogP contribution >= 0.6 is 0 Å². The minimum atomic E-state index is 0.541. The van der Waals surface area contributed by atoms with E-state index in [9.17, 15) is 0 Å². The number of furan rings is 1. The molecule has 0 unspecified atom stereocenters. The SMILES string of the molecule is CC.CC1=Cc2nc3cc(C)oc3nc2OC1. The van der Waals surface area contributed by atoms with Crippen LogP contribution in [0.2, 0.25) is 0 Å². The summed E-state index contributed by atoms with van der Waals surface area (Å²) < 4.78 is 10.8. The molecule has 0 N–H and O–H groups in total. The van der Waals surface area contributed by atoms with Gasteiger partial charge in [0.25, 0.3) is 0 Å². The van der Waals surface area contributed by atoms with Gasteiger partial charge >= 0.3 is 0 Å². The van der Waals surface area contributed by atoms with E-state index in [4.69, 9.17) is 9.15 Å². The molecule has 0 atom stereocenters. The predicted molar refractivity (Wildman–Crippen MR) is 67.0 cm³/mol. The van der Waals surface area contributed by atoms with Gasteiger partial charge in [-0.3, -0.25) is 0 Å². The molecule has 3 heterocycles. The second-order valence-electron chi connectivity index (χ2n) is 3.74. The third kappa shape index (κ3) is 2.16. The highest BCUT2D eigenvalue weighted by molar-refractivity contribution is 5.73. The Kier molecular flexibility index (Phi) is 3.13. The third-order valence-corrected chi connectivity index (χ3v) is 2.30. The topological polar surface area (TPSA) is 48.2 Å². The maximum absolute atomic E-state index is 5.45. The molecule has 4 heteroatoms. The predicted octanol–water partition coefficient (Wildman–Crippen LogP) is 3.35. The highest BCUT2D eigenvalue weighted by Gasteiger charge is 2.15. The van der Waals surface area contributed by atoms with Crippen LogP contribution in [0.25, 0.3) is 17.3 Å². The van der Waals surface area contributed by atoms with Crippen molar-refractivity contribution in [1.82, 2.24) is 9.97 Å². The summed E-state index contributed by atoms with van der Waals surface area (Å²) in [5.41, 5.74) is 3.25. The normalized spacial score (nSPS) is 13.3. The number of nitrogens with zero attached hydrogens (tertiary/aromatic N) is 2. The van der Waals surface area contributed by atoms with Crippen LogP contribution in [-0.2, 0) is 0 Å². The molecule has 1 aliphatic rings. The Morgan fingerprint density at radius 2 is 1.94 bits per heavy atom. The number of hydrogen-bond donors (Lipinski definition) is 0. The molecule has 0 fully saturated rings. The standard InChI is InChI=1S/C11H10N2O2.C2H6/c1-6-3-8-10(14-5-6)13-11-9(12-8)4-7(2)15-11;1-2/h3-4H,5H2,1-2H3;1-2H3. The molecule has 2 aromatic heterocycles. The first-order valence-corrected chi connectivity index (χ1v) is 5.80. The van der Waals surface area contributed by atoms with E-state index in [-0.39, 0.29) is 0 Å². The van der Waals surface area contributed by atoms with Gasteiger partial charge < -0.3 is 9.15 Å². The lowest BCUT2D eigenvalue weighted by Gasteiger charge is -2.12. The zero-order valence-electron chi connectivity index (χ0n) is 10.6. The van der Waals surface area contributed by atoms with Crippen molar-refractivity contribution in [2.75, 3.05) is 6.61 Å². The van der Waals surface area contributed by atoms with E-state index in [2.05, 4.69) is 9.97 Å². The van der Waals surface area contributed by atoms with Gasteiger partial charge in [0, 0.05) is 6.07 Å². The summed E-state index contributed by atoms with van der Waals surface area (Å²) in [7, 11) is 0. The van der Waals surface area contributed by atoms with Crippen LogP contribution in [0.5, 0.6) is 5.88 Å². The second kappa shape index (κ2) is 4.57. The molecule has 0 bridgehead atoms. The van der Waals surface area contributed by atoms with Gasteiger partial charge in [0.05, 0.1) is 0 Å². The van der Waals surface area contributed by atoms with Gasteiger partial charge in [-0.2, -0.15) is 4.98 Å². The lowest BCUT2D eigenvalue weighted by atomic mass is 10.2. The van der Waals surface area contributed by atoms with Gasteiger partial charge in [0.1, 0.15) is 23.6 Å². The Hall–Kier alpha value is -1.84. The highest BCUT2D eigenvalue weighted by Crippen LogP contribution is 2.26. The number of rotatable bonds is 0. The first kappa shape index (κ1) is 11.6. The molecule has 2 aromatic rings. The fourth-order valence-electron chi connectivity index (χ4n) is 1.63. The van der Waals surface area contributed by atoms with Crippen LogP contribution in [0.3, 0.4) is 0 Å². The molecule has 0 saturated carbocycles. The fraction of sp³-hybridized carbons (Fsp3) is 0.385. The highest BCUT2D eigenvalue weighted by atomic mass is 16.5. The van der Waals surface area contributed by atoms with Crippen molar-refractivity contribution in [1.29, 1.82) is 0 Å². The van der Waals surface area contributed by atoms with Crippen molar-refractivity contribution in [2.24, 2.45) is 0 Å². The quantitative estimate of drug-likeness (QED) is 0.698. The molecule has 0 radical (unpaired) electrons. The Morgan fingerprint density at radius 3 is 2.71 bits per heavy atom. The van der Waals surface area contributed by atoms with Gasteiger partial charge in [-0.05, 0) is 25.5 Å². The molecule has 0 amide bonds. The number of aryl methyl sites for hydroxylation is 1. The largest absolute Gasteiger partial charge is 0.472 e.